The lowest BCUT2D eigenvalue weighted by molar-refractivity contribution is 0.208. The summed E-state index contributed by atoms with van der Waals surface area (Å²) in [6.07, 6.45) is 1.75. The molecule has 174 valence electrons. The van der Waals surface area contributed by atoms with Crippen LogP contribution in [0.3, 0.4) is 0 Å². The molecule has 0 saturated carbocycles. The molecule has 2 aromatic heterocycles. The number of anilines is 3. The SMILES string of the molecule is COc1ccc(NC(=O)N2CCN(c3c(-c4ccccc4F)ncc4sc(N)cc34)CC2)cc1. The fraction of sp³-hybridized carbons (Fsp3) is 0.200. The van der Waals surface area contributed by atoms with Crippen molar-refractivity contribution < 1.29 is 13.9 Å². The van der Waals surface area contributed by atoms with Gasteiger partial charge in [0.1, 0.15) is 11.6 Å². The molecule has 0 bridgehead atoms. The van der Waals surface area contributed by atoms with Crippen LogP contribution in [0.5, 0.6) is 5.75 Å². The molecule has 1 aliphatic heterocycles. The van der Waals surface area contributed by atoms with Crippen molar-refractivity contribution in [2.45, 2.75) is 0 Å². The quantitative estimate of drug-likeness (QED) is 0.430. The van der Waals surface area contributed by atoms with Crippen LogP contribution in [-0.4, -0.2) is 49.2 Å². The van der Waals surface area contributed by atoms with E-state index in [0.29, 0.717) is 48.1 Å². The standard InChI is InChI=1S/C25H24FN5O2S/c1-33-17-8-6-16(7-9-17)29-25(32)31-12-10-30(11-13-31)24-19-14-22(27)34-21(19)15-28-23(24)18-4-2-3-5-20(18)26/h2-9,14-15H,10-13,27H2,1H3,(H,29,32). The van der Waals surface area contributed by atoms with Gasteiger partial charge in [-0.2, -0.15) is 0 Å². The molecule has 3 N–H and O–H groups in total. The van der Waals surface area contributed by atoms with E-state index in [-0.39, 0.29) is 11.8 Å². The second-order valence-corrected chi connectivity index (χ2v) is 9.11. The number of thiophene rings is 1. The van der Waals surface area contributed by atoms with Crippen LogP contribution in [-0.2, 0) is 0 Å². The molecule has 3 heterocycles. The number of piperazine rings is 1. The number of hydrogen-bond donors (Lipinski definition) is 2. The number of rotatable bonds is 4. The van der Waals surface area contributed by atoms with Gasteiger partial charge in [-0.05, 0) is 42.5 Å². The maximum absolute atomic E-state index is 14.7. The highest BCUT2D eigenvalue weighted by atomic mass is 32.1. The van der Waals surface area contributed by atoms with Crippen LogP contribution in [0.15, 0.2) is 60.8 Å². The first-order valence-corrected chi connectivity index (χ1v) is 11.7. The smallest absolute Gasteiger partial charge is 0.321 e. The number of urea groups is 1. The Kier molecular flexibility index (Phi) is 5.93. The average Bonchev–Trinajstić information content (AvgIpc) is 3.24. The summed E-state index contributed by atoms with van der Waals surface area (Å²) in [6.45, 7) is 2.23. The van der Waals surface area contributed by atoms with E-state index in [2.05, 4.69) is 15.2 Å². The molecule has 2 amide bonds. The molecule has 0 radical (unpaired) electrons. The van der Waals surface area contributed by atoms with Crippen molar-refractivity contribution in [3.05, 3.63) is 66.6 Å². The average molecular weight is 478 g/mol. The zero-order valence-electron chi connectivity index (χ0n) is 18.6. The van der Waals surface area contributed by atoms with Crippen molar-refractivity contribution in [2.24, 2.45) is 0 Å². The van der Waals surface area contributed by atoms with Crippen LogP contribution in [0.1, 0.15) is 0 Å². The molecule has 0 atom stereocenters. The number of ether oxygens (including phenoxy) is 1. The number of halogens is 1. The molecule has 0 aliphatic carbocycles. The van der Waals surface area contributed by atoms with Gasteiger partial charge in [-0.15, -0.1) is 11.3 Å². The monoisotopic (exact) mass is 477 g/mol. The van der Waals surface area contributed by atoms with Gasteiger partial charge >= 0.3 is 6.03 Å². The Labute approximate surface area is 200 Å². The molecule has 1 aliphatic rings. The number of methoxy groups -OCH3 is 1. The lowest BCUT2D eigenvalue weighted by Crippen LogP contribution is -2.50. The molecular formula is C25H24FN5O2S. The summed E-state index contributed by atoms with van der Waals surface area (Å²) >= 11 is 1.46. The molecule has 4 aromatic rings. The third-order valence-corrected chi connectivity index (χ3v) is 6.82. The van der Waals surface area contributed by atoms with Crippen molar-refractivity contribution in [3.8, 4) is 17.0 Å². The molecule has 5 rings (SSSR count). The third-order valence-electron chi connectivity index (χ3n) is 5.92. The van der Waals surface area contributed by atoms with Gasteiger partial charge in [0, 0.05) is 49.0 Å². The largest absolute Gasteiger partial charge is 0.497 e. The molecule has 2 aromatic carbocycles. The van der Waals surface area contributed by atoms with Gasteiger partial charge in [-0.1, -0.05) is 12.1 Å². The van der Waals surface area contributed by atoms with E-state index in [1.807, 2.05) is 6.07 Å². The lowest BCUT2D eigenvalue weighted by Gasteiger charge is -2.37. The summed E-state index contributed by atoms with van der Waals surface area (Å²) < 4.78 is 20.8. The fourth-order valence-electron chi connectivity index (χ4n) is 4.20. The van der Waals surface area contributed by atoms with Crippen LogP contribution in [0.25, 0.3) is 21.3 Å². The van der Waals surface area contributed by atoms with Gasteiger partial charge in [-0.3, -0.25) is 4.98 Å². The third kappa shape index (κ3) is 4.22. The Morgan fingerprint density at radius 2 is 1.85 bits per heavy atom. The van der Waals surface area contributed by atoms with E-state index in [0.717, 1.165) is 21.5 Å². The summed E-state index contributed by atoms with van der Waals surface area (Å²) in [5.74, 6) is 0.408. The maximum atomic E-state index is 14.7. The minimum atomic E-state index is -0.323. The molecular weight excluding hydrogens is 453 g/mol. The van der Waals surface area contributed by atoms with Crippen molar-refractivity contribution in [1.82, 2.24) is 9.88 Å². The van der Waals surface area contributed by atoms with Gasteiger partial charge in [-0.25, -0.2) is 9.18 Å². The van der Waals surface area contributed by atoms with Gasteiger partial charge in [0.25, 0.3) is 0 Å². The molecule has 7 nitrogen and oxygen atoms in total. The van der Waals surface area contributed by atoms with Gasteiger partial charge in [0.2, 0.25) is 0 Å². The molecule has 1 saturated heterocycles. The number of carbonyl (C=O) groups is 1. The van der Waals surface area contributed by atoms with E-state index in [1.54, 1.807) is 60.7 Å². The summed E-state index contributed by atoms with van der Waals surface area (Å²) in [5.41, 5.74) is 8.68. The van der Waals surface area contributed by atoms with Crippen LogP contribution < -0.4 is 20.7 Å². The van der Waals surface area contributed by atoms with Crippen LogP contribution in [0.4, 0.5) is 25.6 Å². The topological polar surface area (TPSA) is 83.7 Å². The van der Waals surface area contributed by atoms with E-state index >= 15 is 0 Å². The molecule has 0 spiro atoms. The number of fused-ring (bicyclic) bond motifs is 1. The molecule has 9 heteroatoms. The lowest BCUT2D eigenvalue weighted by atomic mass is 10.1. The first-order chi connectivity index (χ1) is 16.5. The first kappa shape index (κ1) is 22.0. The number of amides is 2. The normalized spacial score (nSPS) is 13.8. The summed E-state index contributed by atoms with van der Waals surface area (Å²) in [6, 6.07) is 15.6. The number of pyridine rings is 1. The van der Waals surface area contributed by atoms with Crippen molar-refractivity contribution in [3.63, 3.8) is 0 Å². The van der Waals surface area contributed by atoms with Crippen LogP contribution in [0.2, 0.25) is 0 Å². The highest BCUT2D eigenvalue weighted by Gasteiger charge is 2.26. The second kappa shape index (κ2) is 9.18. The van der Waals surface area contributed by atoms with Crippen LogP contribution >= 0.6 is 11.3 Å². The van der Waals surface area contributed by atoms with E-state index in [9.17, 15) is 9.18 Å². The second-order valence-electron chi connectivity index (χ2n) is 7.99. The molecule has 1 fully saturated rings. The van der Waals surface area contributed by atoms with Crippen LogP contribution in [0, 0.1) is 5.82 Å². The number of carbonyl (C=O) groups excluding carboxylic acids is 1. The minimum absolute atomic E-state index is 0.157. The van der Waals surface area contributed by atoms with E-state index in [1.165, 1.54) is 17.4 Å². The fourth-order valence-corrected chi connectivity index (χ4v) is 5.00. The Morgan fingerprint density at radius 3 is 2.56 bits per heavy atom. The Bertz CT molecular complexity index is 1330. The number of nitrogens with two attached hydrogens (primary N) is 1. The molecule has 34 heavy (non-hydrogen) atoms. The minimum Gasteiger partial charge on any atom is -0.497 e. The van der Waals surface area contributed by atoms with Gasteiger partial charge in [0.05, 0.1) is 28.2 Å². The zero-order valence-corrected chi connectivity index (χ0v) is 19.4. The van der Waals surface area contributed by atoms with E-state index < -0.39 is 0 Å². The Hall–Kier alpha value is -3.85. The summed E-state index contributed by atoms with van der Waals surface area (Å²) in [4.78, 5) is 21.4. The van der Waals surface area contributed by atoms with Gasteiger partial charge in [0.15, 0.2) is 0 Å². The van der Waals surface area contributed by atoms with Crippen molar-refractivity contribution in [1.29, 1.82) is 0 Å². The number of nitrogen functional groups attached to an aromatic ring is 1. The zero-order chi connectivity index (χ0) is 23.7. The number of aromatic nitrogens is 1. The van der Waals surface area contributed by atoms with Crippen molar-refractivity contribution >= 4 is 43.8 Å². The summed E-state index contributed by atoms with van der Waals surface area (Å²) in [7, 11) is 1.60. The Balaban J connectivity index is 1.38. The van der Waals surface area contributed by atoms with E-state index in [4.69, 9.17) is 10.5 Å². The van der Waals surface area contributed by atoms with Crippen molar-refractivity contribution in [2.75, 3.05) is 49.2 Å². The predicted molar refractivity (Wildman–Crippen MR) is 135 cm³/mol. The maximum Gasteiger partial charge on any atom is 0.321 e. The Morgan fingerprint density at radius 1 is 1.12 bits per heavy atom. The highest BCUT2D eigenvalue weighted by Crippen LogP contribution is 2.41. The highest BCUT2D eigenvalue weighted by molar-refractivity contribution is 7.22. The van der Waals surface area contributed by atoms with Gasteiger partial charge < -0.3 is 25.6 Å². The number of benzene rings is 2. The summed E-state index contributed by atoms with van der Waals surface area (Å²) in [5, 5.41) is 4.56. The number of hydrogen-bond acceptors (Lipinski definition) is 6. The first-order valence-electron chi connectivity index (χ1n) is 10.9. The molecule has 0 unspecified atom stereocenters. The number of nitrogens with one attached hydrogen (secondary N) is 1. The number of nitrogens with zero attached hydrogens (tertiary/aromatic N) is 3. The predicted octanol–water partition coefficient (Wildman–Crippen LogP) is 5.05.